The molecule has 6 nitrogen and oxygen atoms in total. The Morgan fingerprint density at radius 3 is 2.33 bits per heavy atom. The molecule has 33 heavy (non-hydrogen) atoms. The molecule has 2 aliphatic heterocycles. The molecule has 2 aromatic rings. The van der Waals surface area contributed by atoms with E-state index in [0.29, 0.717) is 5.69 Å². The summed E-state index contributed by atoms with van der Waals surface area (Å²) in [6.07, 6.45) is 4.64. The molecular formula is C27H29N3O3. The maximum absolute atomic E-state index is 13.3. The predicted octanol–water partition coefficient (Wildman–Crippen LogP) is 4.86. The lowest BCUT2D eigenvalue weighted by Crippen LogP contribution is -2.54. The minimum absolute atomic E-state index is 0.0663. The van der Waals surface area contributed by atoms with Crippen LogP contribution in [-0.4, -0.2) is 30.4 Å². The minimum Gasteiger partial charge on any atom is -0.365 e. The number of carbonyl (C=O) groups is 3. The van der Waals surface area contributed by atoms with Gasteiger partial charge in [-0.15, -0.1) is 0 Å². The monoisotopic (exact) mass is 443 g/mol. The van der Waals surface area contributed by atoms with Gasteiger partial charge in [-0.25, -0.2) is 9.69 Å². The van der Waals surface area contributed by atoms with Crippen molar-refractivity contribution in [3.8, 4) is 0 Å². The molecular weight excluding hydrogens is 414 g/mol. The van der Waals surface area contributed by atoms with Crippen LogP contribution in [0.25, 0.3) is 11.6 Å². The summed E-state index contributed by atoms with van der Waals surface area (Å²) in [6.45, 7) is 10.4. The number of rotatable bonds is 3. The van der Waals surface area contributed by atoms with Gasteiger partial charge >= 0.3 is 6.03 Å². The summed E-state index contributed by atoms with van der Waals surface area (Å²) in [5.41, 5.74) is 6.35. The first-order chi connectivity index (χ1) is 15.5. The lowest BCUT2D eigenvalue weighted by Gasteiger charge is -2.41. The predicted molar refractivity (Wildman–Crippen MR) is 132 cm³/mol. The number of allylic oxidation sites excluding steroid dienone is 1. The number of fused-ring (bicyclic) bond motifs is 1. The zero-order chi connectivity index (χ0) is 24.1. The van der Waals surface area contributed by atoms with Crippen LogP contribution in [0.5, 0.6) is 0 Å². The van der Waals surface area contributed by atoms with E-state index in [-0.39, 0.29) is 11.1 Å². The fraction of sp³-hybridized carbons (Fsp3) is 0.296. The number of benzene rings is 2. The van der Waals surface area contributed by atoms with E-state index in [2.05, 4.69) is 50.2 Å². The summed E-state index contributed by atoms with van der Waals surface area (Å²) >= 11 is 0. The number of urea groups is 1. The van der Waals surface area contributed by atoms with Crippen molar-refractivity contribution in [3.05, 3.63) is 70.3 Å². The Kier molecular flexibility index (Phi) is 5.48. The maximum atomic E-state index is 13.3. The van der Waals surface area contributed by atoms with Crippen molar-refractivity contribution in [1.29, 1.82) is 0 Å². The van der Waals surface area contributed by atoms with Gasteiger partial charge < -0.3 is 4.90 Å². The number of imide groups is 2. The average Bonchev–Trinajstić information content (AvgIpc) is 2.75. The number of carbonyl (C=O) groups excluding carboxylic acids is 3. The topological polar surface area (TPSA) is 69.7 Å². The molecule has 0 unspecified atom stereocenters. The Bertz CT molecular complexity index is 1240. The average molecular weight is 444 g/mol. The van der Waals surface area contributed by atoms with Crippen LogP contribution in [0.3, 0.4) is 0 Å². The van der Waals surface area contributed by atoms with E-state index in [0.717, 1.165) is 44.8 Å². The number of nitrogens with one attached hydrogen (secondary N) is 1. The number of likely N-dealkylation sites (N-methyl/N-ethyl adjacent to an activating group) is 1. The molecule has 0 bridgehead atoms. The van der Waals surface area contributed by atoms with Gasteiger partial charge in [-0.3, -0.25) is 14.9 Å². The first-order valence-corrected chi connectivity index (χ1v) is 11.1. The Labute approximate surface area is 194 Å². The van der Waals surface area contributed by atoms with Gasteiger partial charge in [0.05, 0.1) is 11.2 Å². The molecule has 4 amide bonds. The molecule has 4 rings (SSSR count). The second-order valence-corrected chi connectivity index (χ2v) is 9.24. The summed E-state index contributed by atoms with van der Waals surface area (Å²) in [5, 5.41) is 2.30. The number of nitrogens with zero attached hydrogens (tertiary/aromatic N) is 2. The van der Waals surface area contributed by atoms with E-state index in [4.69, 9.17) is 0 Å². The van der Waals surface area contributed by atoms with E-state index in [1.54, 1.807) is 18.2 Å². The van der Waals surface area contributed by atoms with Gasteiger partial charge in [0.1, 0.15) is 5.57 Å². The van der Waals surface area contributed by atoms with Crippen LogP contribution in [0.15, 0.2) is 48.0 Å². The van der Waals surface area contributed by atoms with E-state index in [9.17, 15) is 14.4 Å². The van der Waals surface area contributed by atoms with Crippen molar-refractivity contribution in [3.63, 3.8) is 0 Å². The van der Waals surface area contributed by atoms with Gasteiger partial charge in [0, 0.05) is 18.3 Å². The summed E-state index contributed by atoms with van der Waals surface area (Å²) in [7, 11) is 2.06. The normalized spacial score (nSPS) is 18.9. The van der Waals surface area contributed by atoms with E-state index in [1.165, 1.54) is 0 Å². The van der Waals surface area contributed by atoms with Crippen LogP contribution in [0.2, 0.25) is 0 Å². The van der Waals surface area contributed by atoms with E-state index in [1.807, 2.05) is 32.0 Å². The quantitative estimate of drug-likeness (QED) is 0.544. The molecule has 2 aliphatic rings. The molecule has 170 valence electrons. The second-order valence-electron chi connectivity index (χ2n) is 9.24. The lowest BCUT2D eigenvalue weighted by atomic mass is 9.87. The van der Waals surface area contributed by atoms with Crippen LogP contribution < -0.4 is 15.1 Å². The summed E-state index contributed by atoms with van der Waals surface area (Å²) < 4.78 is 0. The molecule has 6 heteroatoms. The highest BCUT2D eigenvalue weighted by Gasteiger charge is 2.37. The van der Waals surface area contributed by atoms with Gasteiger partial charge in [-0.1, -0.05) is 25.1 Å². The van der Waals surface area contributed by atoms with Crippen LogP contribution in [-0.2, 0) is 16.0 Å². The maximum Gasteiger partial charge on any atom is 0.335 e. The number of aryl methyl sites for hydroxylation is 2. The fourth-order valence-electron chi connectivity index (χ4n) is 4.40. The second kappa shape index (κ2) is 8.03. The summed E-state index contributed by atoms with van der Waals surface area (Å²) in [4.78, 5) is 41.6. The third-order valence-electron chi connectivity index (χ3n) is 6.61. The van der Waals surface area contributed by atoms with Gasteiger partial charge in [0.25, 0.3) is 11.8 Å². The molecule has 0 radical (unpaired) electrons. The Morgan fingerprint density at radius 2 is 1.70 bits per heavy atom. The molecule has 0 saturated carbocycles. The van der Waals surface area contributed by atoms with Crippen LogP contribution in [0.1, 0.15) is 49.9 Å². The molecule has 2 aromatic carbocycles. The van der Waals surface area contributed by atoms with E-state index < -0.39 is 17.8 Å². The Hall–Kier alpha value is -3.67. The van der Waals surface area contributed by atoms with Gasteiger partial charge in [-0.2, -0.15) is 0 Å². The molecule has 1 fully saturated rings. The Balaban J connectivity index is 1.76. The van der Waals surface area contributed by atoms with Gasteiger partial charge in [-0.05, 0) is 86.7 Å². The van der Waals surface area contributed by atoms with Gasteiger partial charge in [0.15, 0.2) is 0 Å². The van der Waals surface area contributed by atoms with Crippen molar-refractivity contribution < 1.29 is 14.4 Å². The molecule has 0 atom stereocenters. The third kappa shape index (κ3) is 3.86. The molecule has 0 aliphatic carbocycles. The number of amides is 4. The van der Waals surface area contributed by atoms with Crippen LogP contribution >= 0.6 is 0 Å². The van der Waals surface area contributed by atoms with Crippen molar-refractivity contribution >= 4 is 40.9 Å². The SMILES string of the molecule is CCc1ccc(N2C(=O)NC(=O)/C(=C/c3cc4c(cc3C)N(C)C(C)(C)C=C4C)C2=O)cc1. The van der Waals surface area contributed by atoms with Gasteiger partial charge in [0.2, 0.25) is 0 Å². The molecule has 0 spiro atoms. The van der Waals surface area contributed by atoms with E-state index >= 15 is 0 Å². The zero-order valence-corrected chi connectivity index (χ0v) is 19.9. The largest absolute Gasteiger partial charge is 0.365 e. The summed E-state index contributed by atoms with van der Waals surface area (Å²) in [6, 6.07) is 10.5. The van der Waals surface area contributed by atoms with Crippen molar-refractivity contribution in [2.45, 2.75) is 46.6 Å². The molecule has 1 N–H and O–H groups in total. The highest BCUT2D eigenvalue weighted by molar-refractivity contribution is 6.39. The molecule has 2 heterocycles. The smallest absolute Gasteiger partial charge is 0.335 e. The highest BCUT2D eigenvalue weighted by atomic mass is 16.2. The zero-order valence-electron chi connectivity index (χ0n) is 19.9. The number of hydrogen-bond acceptors (Lipinski definition) is 4. The fourth-order valence-corrected chi connectivity index (χ4v) is 4.40. The van der Waals surface area contributed by atoms with Crippen LogP contribution in [0.4, 0.5) is 16.2 Å². The molecule has 1 saturated heterocycles. The standard InChI is InChI=1S/C27H29N3O3/c1-7-18-8-10-20(11-9-18)30-25(32)22(24(31)28-26(30)33)14-19-13-21-17(3)15-27(4,5)29(6)23(21)12-16(19)2/h8-15H,7H2,1-6H3,(H,28,31,33)/b22-14-. The first-order valence-electron chi connectivity index (χ1n) is 11.1. The highest BCUT2D eigenvalue weighted by Crippen LogP contribution is 2.39. The number of barbiturate groups is 1. The Morgan fingerprint density at radius 1 is 1.03 bits per heavy atom. The third-order valence-corrected chi connectivity index (χ3v) is 6.61. The van der Waals surface area contributed by atoms with Crippen molar-refractivity contribution in [2.75, 3.05) is 16.8 Å². The number of hydrogen-bond donors (Lipinski definition) is 1. The van der Waals surface area contributed by atoms with Crippen LogP contribution in [0, 0.1) is 6.92 Å². The van der Waals surface area contributed by atoms with Crippen molar-refractivity contribution in [2.24, 2.45) is 0 Å². The van der Waals surface area contributed by atoms with Crippen molar-refractivity contribution in [1.82, 2.24) is 5.32 Å². The summed E-state index contributed by atoms with van der Waals surface area (Å²) in [5.74, 6) is -1.32. The number of anilines is 2. The minimum atomic E-state index is -0.740. The lowest BCUT2D eigenvalue weighted by molar-refractivity contribution is -0.122. The first kappa shape index (κ1) is 22.5. The molecule has 0 aromatic heterocycles.